The van der Waals surface area contributed by atoms with Crippen LogP contribution in [0, 0.1) is 11.3 Å². The van der Waals surface area contributed by atoms with E-state index in [1.807, 2.05) is 12.4 Å². The Morgan fingerprint density at radius 1 is 0.377 bits per heavy atom. The highest BCUT2D eigenvalue weighted by atomic mass is 15.0. The highest BCUT2D eigenvalue weighted by molar-refractivity contribution is 6.12. The van der Waals surface area contributed by atoms with Gasteiger partial charge < -0.3 is 13.7 Å². The van der Waals surface area contributed by atoms with Crippen molar-refractivity contribution >= 4 is 65.4 Å². The van der Waals surface area contributed by atoms with Crippen LogP contribution < -0.4 is 0 Å². The van der Waals surface area contributed by atoms with Crippen LogP contribution in [0.1, 0.15) is 111 Å². The van der Waals surface area contributed by atoms with Crippen molar-refractivity contribution in [1.82, 2.24) is 18.7 Å². The molecule has 342 valence electrons. The monoisotopic (exact) mass is 899 g/mol. The molecule has 0 radical (unpaired) electrons. The van der Waals surface area contributed by atoms with E-state index in [1.165, 1.54) is 49.2 Å². The molecule has 0 aliphatic heterocycles. The topological polar surface area (TPSA) is 51.5 Å². The van der Waals surface area contributed by atoms with Gasteiger partial charge in [-0.3, -0.25) is 4.98 Å². The summed E-state index contributed by atoms with van der Waals surface area (Å²) < 4.78 is 7.07. The Morgan fingerprint density at radius 2 is 0.797 bits per heavy atom. The van der Waals surface area contributed by atoms with E-state index in [4.69, 9.17) is 0 Å². The van der Waals surface area contributed by atoms with Gasteiger partial charge in [-0.2, -0.15) is 5.26 Å². The number of rotatable bonds is 4. The van der Waals surface area contributed by atoms with E-state index in [0.717, 1.165) is 66.7 Å². The van der Waals surface area contributed by atoms with Gasteiger partial charge >= 0.3 is 0 Å². The van der Waals surface area contributed by atoms with Crippen LogP contribution in [-0.4, -0.2) is 18.7 Å². The van der Waals surface area contributed by atoms with Crippen molar-refractivity contribution in [2.75, 3.05) is 0 Å². The zero-order valence-corrected chi connectivity index (χ0v) is 42.2. The molecule has 11 aromatic rings. The van der Waals surface area contributed by atoms with Crippen molar-refractivity contribution in [3.05, 3.63) is 180 Å². The molecule has 4 heterocycles. The molecule has 5 heteroatoms. The van der Waals surface area contributed by atoms with Crippen LogP contribution >= 0.6 is 0 Å². The number of fused-ring (bicyclic) bond motifs is 9. The molecule has 0 spiro atoms. The second-order valence-electron chi connectivity index (χ2n) is 23.4. The molecular formula is C64H61N5. The van der Waals surface area contributed by atoms with Crippen LogP contribution in [0.15, 0.2) is 152 Å². The van der Waals surface area contributed by atoms with Gasteiger partial charge in [0.15, 0.2) is 0 Å². The Morgan fingerprint density at radius 3 is 1.23 bits per heavy atom. The molecule has 69 heavy (non-hydrogen) atoms. The molecule has 0 unspecified atom stereocenters. The molecule has 7 aromatic carbocycles. The van der Waals surface area contributed by atoms with Gasteiger partial charge in [0, 0.05) is 50.4 Å². The normalized spacial score (nSPS) is 12.9. The van der Waals surface area contributed by atoms with E-state index in [2.05, 4.69) is 247 Å². The molecule has 0 fully saturated rings. The number of nitriles is 1. The summed E-state index contributed by atoms with van der Waals surface area (Å²) in [7, 11) is 0. The molecule has 4 aromatic heterocycles. The van der Waals surface area contributed by atoms with Gasteiger partial charge in [0.05, 0.1) is 44.5 Å². The SMILES string of the molecule is CC(C)(C)c1ccc2c(c1)c1cc(C(C)(C)C)ccc1n2-c1cc(-c2cccc(-n3c4ccccc4c4cnccc43)c2)cc(-n2c3ccc(C(C)(C)C)cc3c3cc(C(C)(C)C)ccc32)c1C#N. The predicted molar refractivity (Wildman–Crippen MR) is 292 cm³/mol. The lowest BCUT2D eigenvalue weighted by molar-refractivity contribution is 0.590. The largest absolute Gasteiger partial charge is 0.309 e. The minimum Gasteiger partial charge on any atom is -0.309 e. The summed E-state index contributed by atoms with van der Waals surface area (Å²) in [6, 6.07) is 54.7. The van der Waals surface area contributed by atoms with Crippen molar-refractivity contribution in [2.45, 2.75) is 105 Å². The number of para-hydroxylation sites is 1. The lowest BCUT2D eigenvalue weighted by Gasteiger charge is -2.21. The number of hydrogen-bond acceptors (Lipinski definition) is 2. The van der Waals surface area contributed by atoms with E-state index in [-0.39, 0.29) is 21.7 Å². The first kappa shape index (κ1) is 44.1. The van der Waals surface area contributed by atoms with Crippen LogP contribution in [0.2, 0.25) is 0 Å². The second kappa shape index (κ2) is 15.3. The predicted octanol–water partition coefficient (Wildman–Crippen LogP) is 17.1. The van der Waals surface area contributed by atoms with Crippen molar-refractivity contribution in [3.63, 3.8) is 0 Å². The Balaban J connectivity index is 1.27. The molecule has 11 rings (SSSR count). The van der Waals surface area contributed by atoms with Crippen LogP contribution in [0.4, 0.5) is 0 Å². The number of hydrogen-bond donors (Lipinski definition) is 0. The summed E-state index contributed by atoms with van der Waals surface area (Å²) in [6.07, 6.45) is 3.85. The fourth-order valence-electron chi connectivity index (χ4n) is 10.6. The summed E-state index contributed by atoms with van der Waals surface area (Å²) in [4.78, 5) is 4.53. The van der Waals surface area contributed by atoms with E-state index in [9.17, 15) is 5.26 Å². The van der Waals surface area contributed by atoms with E-state index < -0.39 is 0 Å². The summed E-state index contributed by atoms with van der Waals surface area (Å²) in [6.45, 7) is 27.4. The van der Waals surface area contributed by atoms with Crippen LogP contribution in [0.5, 0.6) is 0 Å². The molecule has 0 saturated carbocycles. The first-order chi connectivity index (χ1) is 32.7. The Bertz CT molecular complexity index is 3580. The first-order valence-corrected chi connectivity index (χ1v) is 24.4. The third kappa shape index (κ3) is 7.14. The van der Waals surface area contributed by atoms with Crippen molar-refractivity contribution in [3.8, 4) is 34.3 Å². The third-order valence-corrected chi connectivity index (χ3v) is 14.6. The average Bonchev–Trinajstić information content (AvgIpc) is 3.94. The summed E-state index contributed by atoms with van der Waals surface area (Å²) >= 11 is 0. The maximum Gasteiger partial charge on any atom is 0.104 e. The van der Waals surface area contributed by atoms with Crippen LogP contribution in [0.3, 0.4) is 0 Å². The Labute approximate surface area is 406 Å². The number of benzene rings is 7. The molecule has 0 amide bonds. The maximum atomic E-state index is 11.8. The van der Waals surface area contributed by atoms with Gasteiger partial charge in [-0.1, -0.05) is 138 Å². The van der Waals surface area contributed by atoms with Crippen molar-refractivity contribution < 1.29 is 0 Å². The van der Waals surface area contributed by atoms with Gasteiger partial charge in [0.25, 0.3) is 0 Å². The van der Waals surface area contributed by atoms with Gasteiger partial charge in [0.1, 0.15) is 11.6 Å². The van der Waals surface area contributed by atoms with Crippen molar-refractivity contribution in [1.29, 1.82) is 5.26 Å². The highest BCUT2D eigenvalue weighted by Gasteiger charge is 2.27. The van der Waals surface area contributed by atoms with Gasteiger partial charge in [-0.25, -0.2) is 0 Å². The molecule has 0 aliphatic rings. The third-order valence-electron chi connectivity index (χ3n) is 14.6. The number of nitrogens with zero attached hydrogens (tertiary/aromatic N) is 5. The van der Waals surface area contributed by atoms with Crippen LogP contribution in [0.25, 0.3) is 93.6 Å². The minimum absolute atomic E-state index is 0.0523. The summed E-state index contributed by atoms with van der Waals surface area (Å²) in [5.41, 5.74) is 16.8. The van der Waals surface area contributed by atoms with E-state index >= 15 is 0 Å². The summed E-state index contributed by atoms with van der Waals surface area (Å²) in [5.74, 6) is 0. The highest BCUT2D eigenvalue weighted by Crippen LogP contribution is 2.44. The maximum absolute atomic E-state index is 11.8. The molecule has 0 atom stereocenters. The molecule has 0 saturated heterocycles. The smallest absolute Gasteiger partial charge is 0.104 e. The van der Waals surface area contributed by atoms with Crippen LogP contribution in [-0.2, 0) is 21.7 Å². The van der Waals surface area contributed by atoms with Gasteiger partial charge in [-0.05, 0) is 140 Å². The molecular weight excluding hydrogens is 839 g/mol. The number of aromatic nitrogens is 4. The average molecular weight is 900 g/mol. The minimum atomic E-state index is -0.0523. The summed E-state index contributed by atoms with van der Waals surface area (Å²) in [5, 5.41) is 18.9. The second-order valence-corrected chi connectivity index (χ2v) is 23.4. The molecule has 0 bridgehead atoms. The van der Waals surface area contributed by atoms with Gasteiger partial charge in [-0.15, -0.1) is 0 Å². The fourth-order valence-corrected chi connectivity index (χ4v) is 10.6. The molecule has 0 aliphatic carbocycles. The van der Waals surface area contributed by atoms with E-state index in [0.29, 0.717) is 5.56 Å². The molecule has 0 N–H and O–H groups in total. The van der Waals surface area contributed by atoms with Gasteiger partial charge in [0.2, 0.25) is 0 Å². The molecule has 5 nitrogen and oxygen atoms in total. The zero-order valence-electron chi connectivity index (χ0n) is 42.2. The standard InChI is InChI=1S/C64H61N5/c1-61(2,3)41-20-24-54-47(33-41)48-34-42(62(4,5)6)21-25-55(48)68(54)59-31-40(39-16-15-17-45(30-39)67-53-19-14-13-18-46(53)52-38-66-29-28-58(52)67)32-60(51(59)37-65)69-56-26-22-43(63(7,8)9)35-49(56)50-36-44(64(10,11)12)23-27-57(50)69/h13-36,38H,1-12H3. The van der Waals surface area contributed by atoms with E-state index in [1.54, 1.807) is 0 Å². The quantitative estimate of drug-likeness (QED) is 0.177. The zero-order chi connectivity index (χ0) is 48.5. The Kier molecular flexibility index (Phi) is 9.78. The first-order valence-electron chi connectivity index (χ1n) is 24.4. The fraction of sp³-hybridized carbons (Fsp3) is 0.250. The lowest BCUT2D eigenvalue weighted by atomic mass is 9.85. The Hall–Kier alpha value is -7.42. The number of pyridine rings is 1. The lowest BCUT2D eigenvalue weighted by Crippen LogP contribution is -2.11. The van der Waals surface area contributed by atoms with Crippen molar-refractivity contribution in [2.24, 2.45) is 0 Å².